The van der Waals surface area contributed by atoms with Gasteiger partial charge >= 0.3 is 0 Å². The van der Waals surface area contributed by atoms with Gasteiger partial charge in [0.25, 0.3) is 0 Å². The van der Waals surface area contributed by atoms with Crippen LogP contribution >= 0.6 is 11.3 Å². The highest BCUT2D eigenvalue weighted by Crippen LogP contribution is 2.28. The van der Waals surface area contributed by atoms with Gasteiger partial charge in [0.2, 0.25) is 0 Å². The summed E-state index contributed by atoms with van der Waals surface area (Å²) in [5.74, 6) is -0.443. The summed E-state index contributed by atoms with van der Waals surface area (Å²) in [7, 11) is 0. The van der Waals surface area contributed by atoms with Crippen LogP contribution in [-0.4, -0.2) is 34.9 Å². The molecular weight excluding hydrogens is 375 g/mol. The average molecular weight is 396 g/mol. The second kappa shape index (κ2) is 8.16. The molecule has 1 aliphatic rings. The minimum Gasteiger partial charge on any atom is -0.370 e. The third-order valence-electron chi connectivity index (χ3n) is 4.92. The van der Waals surface area contributed by atoms with Crippen molar-refractivity contribution >= 4 is 22.8 Å². The molecule has 4 rings (SSSR count). The van der Waals surface area contributed by atoms with Crippen molar-refractivity contribution in [3.63, 3.8) is 0 Å². The lowest BCUT2D eigenvalue weighted by molar-refractivity contribution is 0.0989. The predicted octanol–water partition coefficient (Wildman–Crippen LogP) is 3.70. The molecule has 0 saturated carbocycles. The topological polar surface area (TPSA) is 72.1 Å². The fraction of sp³-hybridized carbons (Fsp3) is 0.286. The van der Waals surface area contributed by atoms with E-state index in [1.54, 1.807) is 36.0 Å². The molecule has 1 atom stereocenters. The summed E-state index contributed by atoms with van der Waals surface area (Å²) in [5.41, 5.74) is 8.75. The third kappa shape index (κ3) is 3.95. The van der Waals surface area contributed by atoms with Gasteiger partial charge in [-0.05, 0) is 31.0 Å². The minimum absolute atomic E-state index is 0.102. The van der Waals surface area contributed by atoms with Crippen molar-refractivity contribution in [2.24, 2.45) is 5.73 Å². The molecule has 5 nitrogen and oxygen atoms in total. The molecule has 0 radical (unpaired) electrons. The van der Waals surface area contributed by atoms with Crippen LogP contribution in [0.3, 0.4) is 0 Å². The second-order valence-electron chi connectivity index (χ2n) is 6.97. The Morgan fingerprint density at radius 2 is 2.18 bits per heavy atom. The van der Waals surface area contributed by atoms with Gasteiger partial charge in [-0.15, -0.1) is 11.3 Å². The molecule has 0 bridgehead atoms. The summed E-state index contributed by atoms with van der Waals surface area (Å²) in [4.78, 5) is 23.6. The normalized spacial score (nSPS) is 16.9. The Morgan fingerprint density at radius 1 is 1.32 bits per heavy atom. The van der Waals surface area contributed by atoms with E-state index in [0.29, 0.717) is 16.3 Å². The molecule has 2 N–H and O–H groups in total. The van der Waals surface area contributed by atoms with Gasteiger partial charge in [-0.3, -0.25) is 9.78 Å². The van der Waals surface area contributed by atoms with Crippen LogP contribution in [-0.2, 0) is 6.42 Å². The molecule has 28 heavy (non-hydrogen) atoms. The van der Waals surface area contributed by atoms with Crippen LogP contribution in [0.5, 0.6) is 0 Å². The highest BCUT2D eigenvalue weighted by molar-refractivity contribution is 7.13. The molecule has 3 aromatic rings. The number of anilines is 1. The maximum atomic E-state index is 14.0. The molecule has 0 aliphatic carbocycles. The highest BCUT2D eigenvalue weighted by Gasteiger charge is 2.21. The van der Waals surface area contributed by atoms with Gasteiger partial charge < -0.3 is 10.6 Å². The molecule has 0 spiro atoms. The number of pyridine rings is 1. The number of benzene rings is 1. The first kappa shape index (κ1) is 18.7. The number of thiazole rings is 1. The molecule has 2 aromatic heterocycles. The zero-order chi connectivity index (χ0) is 19.5. The lowest BCUT2D eigenvalue weighted by Crippen LogP contribution is -2.43. The minimum atomic E-state index is -0.341. The van der Waals surface area contributed by atoms with Gasteiger partial charge in [-0.2, -0.15) is 0 Å². The third-order valence-corrected chi connectivity index (χ3v) is 5.80. The standard InChI is InChI=1S/C21H21FN4OS/c22-17-6-2-1-5-16(17)21-25-18(13-28-21)20(27)10-14-11-24-8-7-19(14)26-9-3-4-15(23)12-26/h1-2,5-8,11,13,15H,3-4,9-10,12,23H2. The van der Waals surface area contributed by atoms with Gasteiger partial charge in [0.1, 0.15) is 16.5 Å². The van der Waals surface area contributed by atoms with Gasteiger partial charge in [-0.1, -0.05) is 12.1 Å². The summed E-state index contributed by atoms with van der Waals surface area (Å²) in [6.45, 7) is 1.70. The summed E-state index contributed by atoms with van der Waals surface area (Å²) >= 11 is 1.27. The van der Waals surface area contributed by atoms with Crippen molar-refractivity contribution in [2.45, 2.75) is 25.3 Å². The first-order valence-corrected chi connectivity index (χ1v) is 10.2. The van der Waals surface area contributed by atoms with Gasteiger partial charge in [0, 0.05) is 60.1 Å². The van der Waals surface area contributed by atoms with E-state index in [2.05, 4.69) is 14.9 Å². The van der Waals surface area contributed by atoms with Crippen LogP contribution in [0.15, 0.2) is 48.1 Å². The number of carbonyl (C=O) groups excluding carboxylic acids is 1. The zero-order valence-corrected chi connectivity index (χ0v) is 16.2. The Kier molecular flexibility index (Phi) is 5.45. The Morgan fingerprint density at radius 3 is 3.00 bits per heavy atom. The quantitative estimate of drug-likeness (QED) is 0.666. The number of hydrogen-bond donors (Lipinski definition) is 1. The van der Waals surface area contributed by atoms with Gasteiger partial charge in [0.05, 0.1) is 0 Å². The number of ketones is 1. The summed E-state index contributed by atoms with van der Waals surface area (Å²) < 4.78 is 14.0. The van der Waals surface area contributed by atoms with Crippen molar-refractivity contribution in [3.8, 4) is 10.6 Å². The van der Waals surface area contributed by atoms with Crippen molar-refractivity contribution in [1.29, 1.82) is 0 Å². The summed E-state index contributed by atoms with van der Waals surface area (Å²) in [6.07, 6.45) is 5.73. The fourth-order valence-electron chi connectivity index (χ4n) is 3.52. The van der Waals surface area contributed by atoms with Crippen molar-refractivity contribution in [1.82, 2.24) is 9.97 Å². The first-order chi connectivity index (χ1) is 13.6. The molecule has 1 aromatic carbocycles. The van der Waals surface area contributed by atoms with Crippen molar-refractivity contribution in [3.05, 3.63) is 65.2 Å². The molecule has 1 aliphatic heterocycles. The number of aromatic nitrogens is 2. The van der Waals surface area contributed by atoms with E-state index in [1.165, 1.54) is 17.4 Å². The molecular formula is C21H21FN4OS. The summed E-state index contributed by atoms with van der Waals surface area (Å²) in [5, 5.41) is 2.20. The smallest absolute Gasteiger partial charge is 0.186 e. The molecule has 144 valence electrons. The summed E-state index contributed by atoms with van der Waals surface area (Å²) in [6, 6.07) is 8.53. The monoisotopic (exact) mass is 396 g/mol. The lowest BCUT2D eigenvalue weighted by Gasteiger charge is -2.33. The number of halogens is 1. The van der Waals surface area contributed by atoms with Crippen LogP contribution in [0, 0.1) is 5.82 Å². The average Bonchev–Trinajstić information content (AvgIpc) is 3.19. The number of hydrogen-bond acceptors (Lipinski definition) is 6. The van der Waals surface area contributed by atoms with Gasteiger partial charge in [-0.25, -0.2) is 9.37 Å². The maximum absolute atomic E-state index is 14.0. The van der Waals surface area contributed by atoms with Crippen LogP contribution < -0.4 is 10.6 Å². The number of nitrogens with two attached hydrogens (primary N) is 1. The zero-order valence-electron chi connectivity index (χ0n) is 15.3. The first-order valence-electron chi connectivity index (χ1n) is 9.29. The molecule has 0 amide bonds. The van der Waals surface area contributed by atoms with E-state index in [1.807, 2.05) is 6.07 Å². The molecule has 1 unspecified atom stereocenters. The van der Waals surface area contributed by atoms with E-state index in [0.717, 1.165) is 37.2 Å². The van der Waals surface area contributed by atoms with Crippen molar-refractivity contribution in [2.75, 3.05) is 18.0 Å². The van der Waals surface area contributed by atoms with Crippen LogP contribution in [0.2, 0.25) is 0 Å². The Balaban J connectivity index is 1.54. The van der Waals surface area contributed by atoms with E-state index in [9.17, 15) is 9.18 Å². The second-order valence-corrected chi connectivity index (χ2v) is 7.83. The van der Waals surface area contributed by atoms with E-state index in [4.69, 9.17) is 5.73 Å². The lowest BCUT2D eigenvalue weighted by atomic mass is 10.0. The Hall–Kier alpha value is -2.64. The molecule has 1 saturated heterocycles. The Bertz CT molecular complexity index is 990. The molecule has 7 heteroatoms. The molecule has 1 fully saturated rings. The highest BCUT2D eigenvalue weighted by atomic mass is 32.1. The fourth-order valence-corrected chi connectivity index (χ4v) is 4.37. The number of rotatable bonds is 5. The van der Waals surface area contributed by atoms with Crippen LogP contribution in [0.25, 0.3) is 10.6 Å². The Labute approximate surface area is 167 Å². The van der Waals surface area contributed by atoms with Crippen LogP contribution in [0.1, 0.15) is 28.9 Å². The van der Waals surface area contributed by atoms with Crippen LogP contribution in [0.4, 0.5) is 10.1 Å². The number of Topliss-reactive ketones (excluding diaryl/α,β-unsaturated/α-hetero) is 1. The number of nitrogens with zero attached hydrogens (tertiary/aromatic N) is 3. The van der Waals surface area contributed by atoms with E-state index < -0.39 is 0 Å². The van der Waals surface area contributed by atoms with E-state index in [-0.39, 0.29) is 24.1 Å². The largest absolute Gasteiger partial charge is 0.370 e. The maximum Gasteiger partial charge on any atom is 0.186 e. The van der Waals surface area contributed by atoms with Gasteiger partial charge in [0.15, 0.2) is 5.78 Å². The number of piperidine rings is 1. The predicted molar refractivity (Wildman–Crippen MR) is 109 cm³/mol. The molecule has 3 heterocycles. The number of carbonyl (C=O) groups is 1. The van der Waals surface area contributed by atoms with Crippen molar-refractivity contribution < 1.29 is 9.18 Å². The SMILES string of the molecule is NC1CCCN(c2ccncc2CC(=O)c2csc(-c3ccccc3F)n2)C1. The van der Waals surface area contributed by atoms with E-state index >= 15 is 0 Å².